The summed E-state index contributed by atoms with van der Waals surface area (Å²) in [6.07, 6.45) is -19.8. The quantitative estimate of drug-likeness (QED) is 0.0353. The van der Waals surface area contributed by atoms with Gasteiger partial charge in [0, 0.05) is 19.3 Å². The summed E-state index contributed by atoms with van der Waals surface area (Å²) >= 11 is 0. The fourth-order valence-corrected chi connectivity index (χ4v) is 12.3. The zero-order chi connectivity index (χ0) is 63.3. The predicted octanol–water partition coefficient (Wildman–Crippen LogP) is 4.06. The first-order valence-corrected chi connectivity index (χ1v) is 32.9. The fourth-order valence-electron chi connectivity index (χ4n) is 12.3. The van der Waals surface area contributed by atoms with Gasteiger partial charge in [-0.2, -0.15) is 0 Å². The molecule has 6 aliphatic rings. The minimum Gasteiger partial charge on any atom is -0.457 e. The standard InChI is InChI=1S/C62H108O25/c1-8-11-13-14-15-16-19-22-26-31-41(65)82-55-49(73)53(85-62-57(48(72)51(35(5)76-62)81-40(64)28-10-3)86-58-47(71)45(69)44(68)39(33-63)80-58)36(6)77-60(55)84-52-37(7)78-61-56(50(52)74)83-42(66)32-27-23-20-17-18-21-25-30-38(29-24-12-9-2)79-59-54(87-61)46(70)43(67)34(4)75-59/h34-39,43-63,67-74H,8-33H2,1-7H3/t34-,35+,36+,37+,38+,39-,43-,44+,45+,46+,47-,48-,49-,50-,51+,52+,53+,54-,55-,56-,57-,58+,59+,60+,61+,62+/m1/s1. The van der Waals surface area contributed by atoms with Crippen LogP contribution in [0.3, 0.4) is 0 Å². The summed E-state index contributed by atoms with van der Waals surface area (Å²) < 4.78 is 80.9. The average Bonchev–Trinajstić information content (AvgIpc) is 1.03. The maximum absolute atomic E-state index is 14.0. The lowest BCUT2D eigenvalue weighted by atomic mass is 9.95. The van der Waals surface area contributed by atoms with Gasteiger partial charge < -0.3 is 108 Å². The summed E-state index contributed by atoms with van der Waals surface area (Å²) in [6.45, 7) is 11.3. The number of hydrogen-bond donors (Lipinski definition) is 9. The first-order chi connectivity index (χ1) is 41.7. The second-order valence-corrected chi connectivity index (χ2v) is 24.9. The molecule has 87 heavy (non-hydrogen) atoms. The van der Waals surface area contributed by atoms with Crippen LogP contribution in [-0.4, -0.2) is 230 Å². The van der Waals surface area contributed by atoms with Gasteiger partial charge in [-0.15, -0.1) is 0 Å². The number of esters is 3. The van der Waals surface area contributed by atoms with Crippen LogP contribution in [0.4, 0.5) is 0 Å². The monoisotopic (exact) mass is 1250 g/mol. The molecule has 6 aliphatic heterocycles. The molecule has 506 valence electrons. The summed E-state index contributed by atoms with van der Waals surface area (Å²) in [5.74, 6) is -2.10. The summed E-state index contributed by atoms with van der Waals surface area (Å²) in [7, 11) is 0. The van der Waals surface area contributed by atoms with Crippen molar-refractivity contribution in [3.63, 3.8) is 0 Å². The van der Waals surface area contributed by atoms with E-state index in [9.17, 15) is 60.3 Å². The van der Waals surface area contributed by atoms with Gasteiger partial charge in [0.15, 0.2) is 49.8 Å². The SMILES string of the molecule is CCCCCCCCCCCC(=O)O[C@H]1[C@H](O[C@@H]2[C@@H](O)[C@H]3OC(=O)CCCCCCCCC[C@H](CCCCC)O[C@@H]4O[C@H](C)[C@@H](O)[C@H](O)[C@H]4O[C@@H]3O[C@H]2C)O[C@@H](C)[C@H](O[C@@H]2O[C@@H](C)[C@H](OC(=O)CCC)[C@@H](O)[C@H]2O[C@@H]2O[C@H](CO)[C@H](O)[C@H](O)[C@H]2O)[C@H]1O. The largest absolute Gasteiger partial charge is 0.457 e. The molecule has 6 rings (SSSR count). The molecule has 9 N–H and O–H groups in total. The number of carbonyl (C=O) groups excluding carboxylic acids is 3. The zero-order valence-corrected chi connectivity index (χ0v) is 52.5. The minimum atomic E-state index is -1.95. The number of fused-ring (bicyclic) bond motifs is 2. The third-order valence-electron chi connectivity index (χ3n) is 17.7. The Morgan fingerprint density at radius 2 is 0.954 bits per heavy atom. The van der Waals surface area contributed by atoms with E-state index in [1.54, 1.807) is 13.8 Å². The number of rotatable bonds is 25. The van der Waals surface area contributed by atoms with E-state index in [1.165, 1.54) is 27.2 Å². The van der Waals surface area contributed by atoms with Crippen molar-refractivity contribution in [3.05, 3.63) is 0 Å². The lowest BCUT2D eigenvalue weighted by Crippen LogP contribution is -2.67. The molecule has 0 amide bonds. The second-order valence-electron chi connectivity index (χ2n) is 24.9. The van der Waals surface area contributed by atoms with Crippen molar-refractivity contribution in [2.24, 2.45) is 0 Å². The molecule has 0 aromatic rings. The van der Waals surface area contributed by atoms with E-state index in [4.69, 9.17) is 61.6 Å². The Kier molecular flexibility index (Phi) is 31.7. The molecule has 6 saturated heterocycles. The van der Waals surface area contributed by atoms with Crippen molar-refractivity contribution >= 4 is 17.9 Å². The number of aliphatic hydroxyl groups excluding tert-OH is 9. The van der Waals surface area contributed by atoms with Crippen molar-refractivity contribution in [1.82, 2.24) is 0 Å². The molecule has 0 unspecified atom stereocenters. The molecular weight excluding hydrogens is 1140 g/mol. The topological polar surface area (TPSA) is 353 Å². The highest BCUT2D eigenvalue weighted by Gasteiger charge is 2.58. The van der Waals surface area contributed by atoms with Gasteiger partial charge in [-0.25, -0.2) is 0 Å². The molecular formula is C62H108O25. The van der Waals surface area contributed by atoms with Crippen LogP contribution in [0.25, 0.3) is 0 Å². The maximum atomic E-state index is 14.0. The van der Waals surface area contributed by atoms with Crippen LogP contribution in [0.2, 0.25) is 0 Å². The molecule has 0 aromatic carbocycles. The van der Waals surface area contributed by atoms with Gasteiger partial charge in [0.25, 0.3) is 0 Å². The van der Waals surface area contributed by atoms with Gasteiger partial charge in [-0.05, 0) is 59.8 Å². The van der Waals surface area contributed by atoms with Crippen molar-refractivity contribution in [2.45, 2.75) is 369 Å². The normalized spacial score (nSPS) is 41.3. The maximum Gasteiger partial charge on any atom is 0.306 e. The van der Waals surface area contributed by atoms with Gasteiger partial charge in [0.05, 0.1) is 37.1 Å². The highest BCUT2D eigenvalue weighted by Crippen LogP contribution is 2.39. The minimum absolute atomic E-state index is 0.0113. The predicted molar refractivity (Wildman–Crippen MR) is 308 cm³/mol. The first-order valence-electron chi connectivity index (χ1n) is 32.9. The van der Waals surface area contributed by atoms with Crippen LogP contribution in [-0.2, 0) is 76.0 Å². The Morgan fingerprint density at radius 1 is 0.437 bits per heavy atom. The molecule has 6 heterocycles. The smallest absolute Gasteiger partial charge is 0.306 e. The highest BCUT2D eigenvalue weighted by atomic mass is 16.8. The van der Waals surface area contributed by atoms with Gasteiger partial charge in [0.2, 0.25) is 0 Å². The van der Waals surface area contributed by atoms with Gasteiger partial charge in [-0.1, -0.05) is 130 Å². The van der Waals surface area contributed by atoms with E-state index >= 15 is 0 Å². The Morgan fingerprint density at radius 3 is 1.61 bits per heavy atom. The molecule has 0 bridgehead atoms. The van der Waals surface area contributed by atoms with Gasteiger partial charge >= 0.3 is 17.9 Å². The van der Waals surface area contributed by atoms with Crippen LogP contribution < -0.4 is 0 Å². The van der Waals surface area contributed by atoms with Gasteiger partial charge in [0.1, 0.15) is 79.4 Å². The van der Waals surface area contributed by atoms with Crippen LogP contribution in [0.1, 0.15) is 209 Å². The summed E-state index contributed by atoms with van der Waals surface area (Å²) in [5.41, 5.74) is 0. The lowest BCUT2D eigenvalue weighted by molar-refractivity contribution is -0.395. The Labute approximate surface area is 513 Å². The van der Waals surface area contributed by atoms with E-state index in [0.29, 0.717) is 19.3 Å². The van der Waals surface area contributed by atoms with E-state index in [1.807, 2.05) is 0 Å². The number of carbonyl (C=O) groups is 3. The summed E-state index contributed by atoms with van der Waals surface area (Å²) in [6, 6.07) is 0. The fraction of sp³-hybridized carbons (Fsp3) is 0.952. The number of hydrogen-bond acceptors (Lipinski definition) is 25. The van der Waals surface area contributed by atoms with E-state index < -0.39 is 178 Å². The highest BCUT2D eigenvalue weighted by molar-refractivity contribution is 5.70. The molecule has 0 spiro atoms. The molecule has 25 nitrogen and oxygen atoms in total. The molecule has 0 radical (unpaired) electrons. The first kappa shape index (κ1) is 73.7. The van der Waals surface area contributed by atoms with Gasteiger partial charge in [-0.3, -0.25) is 14.4 Å². The Bertz CT molecular complexity index is 1970. The third kappa shape index (κ3) is 21.1. The van der Waals surface area contributed by atoms with Crippen LogP contribution in [0, 0.1) is 0 Å². The van der Waals surface area contributed by atoms with Crippen LogP contribution in [0.5, 0.6) is 0 Å². The van der Waals surface area contributed by atoms with Crippen LogP contribution in [0.15, 0.2) is 0 Å². The Balaban J connectivity index is 1.28. The van der Waals surface area contributed by atoms with E-state index in [0.717, 1.165) is 116 Å². The average molecular weight is 1250 g/mol. The van der Waals surface area contributed by atoms with Crippen molar-refractivity contribution < 1.29 is 122 Å². The molecule has 0 aliphatic carbocycles. The van der Waals surface area contributed by atoms with E-state index in [2.05, 4.69) is 13.8 Å². The summed E-state index contributed by atoms with van der Waals surface area (Å²) in [4.78, 5) is 40.6. The molecule has 26 atom stereocenters. The van der Waals surface area contributed by atoms with Crippen LogP contribution >= 0.6 is 0 Å². The summed E-state index contributed by atoms with van der Waals surface area (Å²) in [5, 5.41) is 102. The number of ether oxygens (including phenoxy) is 13. The van der Waals surface area contributed by atoms with Crippen molar-refractivity contribution in [2.75, 3.05) is 6.61 Å². The lowest BCUT2D eigenvalue weighted by Gasteiger charge is -2.50. The number of unbranched alkanes of at least 4 members (excludes halogenated alkanes) is 10. The molecule has 0 aromatic heterocycles. The Hall–Kier alpha value is -2.35. The number of aliphatic hydroxyl groups is 9. The molecule has 25 heteroatoms. The van der Waals surface area contributed by atoms with E-state index in [-0.39, 0.29) is 25.4 Å². The third-order valence-corrected chi connectivity index (χ3v) is 17.7. The molecule has 6 fully saturated rings. The second kappa shape index (κ2) is 37.4. The van der Waals surface area contributed by atoms with Crippen molar-refractivity contribution in [3.8, 4) is 0 Å². The zero-order valence-electron chi connectivity index (χ0n) is 52.5. The van der Waals surface area contributed by atoms with Crippen molar-refractivity contribution in [1.29, 1.82) is 0 Å². The molecule has 0 saturated carbocycles.